The van der Waals surface area contributed by atoms with E-state index in [1.54, 1.807) is 24.1 Å². The average Bonchev–Trinajstić information content (AvgIpc) is 2.46. The Morgan fingerprint density at radius 3 is 2.58 bits per heavy atom. The zero-order valence-electron chi connectivity index (χ0n) is 10.9. The van der Waals surface area contributed by atoms with Crippen LogP contribution in [0.25, 0.3) is 0 Å². The van der Waals surface area contributed by atoms with Crippen LogP contribution >= 0.6 is 0 Å². The minimum absolute atomic E-state index is 0.130. The second kappa shape index (κ2) is 5.69. The number of hydrogen-bond acceptors (Lipinski definition) is 4. The number of rotatable bonds is 3. The van der Waals surface area contributed by atoms with E-state index < -0.39 is 4.92 Å². The third-order valence-electron chi connectivity index (χ3n) is 3.36. The average molecular weight is 263 g/mol. The minimum atomic E-state index is -0.503. The summed E-state index contributed by atoms with van der Waals surface area (Å²) in [6, 6.07) is 4.53. The van der Waals surface area contributed by atoms with Gasteiger partial charge in [-0.2, -0.15) is 0 Å². The summed E-state index contributed by atoms with van der Waals surface area (Å²) in [4.78, 5) is 24.6. The highest BCUT2D eigenvalue weighted by Crippen LogP contribution is 2.25. The predicted octanol–water partition coefficient (Wildman–Crippen LogP) is 2.26. The minimum Gasteiger partial charge on any atom is -0.388 e. The molecule has 1 amide bonds. The van der Waals surface area contributed by atoms with Crippen molar-refractivity contribution in [1.29, 1.82) is 0 Å². The molecule has 1 aromatic rings. The molecule has 1 aromatic carbocycles. The molecule has 6 nitrogen and oxygen atoms in total. The molecule has 0 aromatic heterocycles. The van der Waals surface area contributed by atoms with Crippen molar-refractivity contribution in [2.45, 2.75) is 19.3 Å². The van der Waals surface area contributed by atoms with Crippen LogP contribution in [-0.4, -0.2) is 35.9 Å². The molecular formula is C13H17N3O3. The van der Waals surface area contributed by atoms with Crippen LogP contribution in [0.15, 0.2) is 18.2 Å². The third-order valence-corrected chi connectivity index (χ3v) is 3.36. The Labute approximate surface area is 111 Å². The number of nitrogens with one attached hydrogen (secondary N) is 1. The Bertz CT molecular complexity index is 496. The molecule has 102 valence electrons. The summed E-state index contributed by atoms with van der Waals surface area (Å²) in [5.41, 5.74) is 0.735. The molecule has 0 atom stereocenters. The highest BCUT2D eigenvalue weighted by atomic mass is 16.6. The highest BCUT2D eigenvalue weighted by Gasteiger charge is 2.25. The van der Waals surface area contributed by atoms with Crippen molar-refractivity contribution in [3.8, 4) is 0 Å². The van der Waals surface area contributed by atoms with Gasteiger partial charge in [0.25, 0.3) is 11.6 Å². The van der Waals surface area contributed by atoms with Crippen molar-refractivity contribution in [1.82, 2.24) is 4.90 Å². The molecule has 0 spiro atoms. The van der Waals surface area contributed by atoms with Crippen molar-refractivity contribution in [3.05, 3.63) is 33.9 Å². The quantitative estimate of drug-likeness (QED) is 0.670. The maximum Gasteiger partial charge on any atom is 0.282 e. The lowest BCUT2D eigenvalue weighted by Gasteiger charge is -2.26. The summed E-state index contributed by atoms with van der Waals surface area (Å²) in [5.74, 6) is -0.247. The van der Waals surface area contributed by atoms with E-state index >= 15 is 0 Å². The molecule has 1 fully saturated rings. The normalized spacial score (nSPS) is 15.1. The molecule has 1 N–H and O–H groups in total. The molecule has 1 aliphatic rings. The molecule has 6 heteroatoms. The Balaban J connectivity index is 2.34. The van der Waals surface area contributed by atoms with Gasteiger partial charge in [0.1, 0.15) is 5.56 Å². The SMILES string of the molecule is CNc1ccc([N+](=O)[O-])c(C(=O)N2CCCCC2)c1. The second-order valence-corrected chi connectivity index (χ2v) is 4.59. The number of benzene rings is 1. The summed E-state index contributed by atoms with van der Waals surface area (Å²) in [7, 11) is 1.72. The first-order valence-electron chi connectivity index (χ1n) is 6.39. The number of carbonyl (C=O) groups is 1. The molecule has 0 aliphatic carbocycles. The number of piperidine rings is 1. The molecule has 1 saturated heterocycles. The van der Waals surface area contributed by atoms with Gasteiger partial charge in [-0.15, -0.1) is 0 Å². The summed E-state index contributed by atoms with van der Waals surface area (Å²) in [6.07, 6.45) is 3.04. The fourth-order valence-corrected chi connectivity index (χ4v) is 2.29. The summed E-state index contributed by atoms with van der Waals surface area (Å²) < 4.78 is 0. The number of carbonyl (C=O) groups excluding carboxylic acids is 1. The van der Waals surface area contributed by atoms with Crippen molar-refractivity contribution in [2.75, 3.05) is 25.5 Å². The summed E-state index contributed by atoms with van der Waals surface area (Å²) >= 11 is 0. The van der Waals surface area contributed by atoms with Gasteiger partial charge in [0, 0.05) is 31.9 Å². The monoisotopic (exact) mass is 263 g/mol. The van der Waals surface area contributed by atoms with Crippen LogP contribution in [-0.2, 0) is 0 Å². The molecule has 19 heavy (non-hydrogen) atoms. The fraction of sp³-hybridized carbons (Fsp3) is 0.462. The number of nitro groups is 1. The highest BCUT2D eigenvalue weighted by molar-refractivity contribution is 5.99. The van der Waals surface area contributed by atoms with Crippen LogP contribution in [0.4, 0.5) is 11.4 Å². The van der Waals surface area contributed by atoms with E-state index in [4.69, 9.17) is 0 Å². The first-order chi connectivity index (χ1) is 9.13. The Morgan fingerprint density at radius 1 is 1.32 bits per heavy atom. The number of nitro benzene ring substituents is 1. The number of anilines is 1. The molecule has 0 radical (unpaired) electrons. The lowest BCUT2D eigenvalue weighted by Crippen LogP contribution is -2.35. The lowest BCUT2D eigenvalue weighted by molar-refractivity contribution is -0.385. The van der Waals surface area contributed by atoms with E-state index in [0.29, 0.717) is 18.8 Å². The molecular weight excluding hydrogens is 246 g/mol. The van der Waals surface area contributed by atoms with Crippen LogP contribution in [0.3, 0.4) is 0 Å². The Kier molecular flexibility index (Phi) is 3.99. The van der Waals surface area contributed by atoms with Gasteiger partial charge >= 0.3 is 0 Å². The predicted molar refractivity (Wildman–Crippen MR) is 72.4 cm³/mol. The van der Waals surface area contributed by atoms with Gasteiger partial charge in [0.15, 0.2) is 0 Å². The number of nitrogens with zero attached hydrogens (tertiary/aromatic N) is 2. The van der Waals surface area contributed by atoms with Gasteiger partial charge in [-0.1, -0.05) is 0 Å². The van der Waals surface area contributed by atoms with Crippen LogP contribution < -0.4 is 5.32 Å². The molecule has 1 heterocycles. The Hall–Kier alpha value is -2.11. The first kappa shape index (κ1) is 13.3. The topological polar surface area (TPSA) is 75.5 Å². The van der Waals surface area contributed by atoms with Gasteiger partial charge in [0.2, 0.25) is 0 Å². The van der Waals surface area contributed by atoms with Gasteiger partial charge in [0.05, 0.1) is 4.92 Å². The zero-order chi connectivity index (χ0) is 13.8. The van der Waals surface area contributed by atoms with Crippen molar-refractivity contribution < 1.29 is 9.72 Å². The molecule has 0 unspecified atom stereocenters. The standard InChI is InChI=1S/C13H17N3O3/c1-14-10-5-6-12(16(18)19)11(9-10)13(17)15-7-3-2-4-8-15/h5-6,9,14H,2-4,7-8H2,1H3. The molecule has 0 saturated carbocycles. The second-order valence-electron chi connectivity index (χ2n) is 4.59. The van der Waals surface area contributed by atoms with E-state index in [2.05, 4.69) is 5.32 Å². The van der Waals surface area contributed by atoms with Crippen molar-refractivity contribution >= 4 is 17.3 Å². The van der Waals surface area contributed by atoms with Crippen LogP contribution in [0.2, 0.25) is 0 Å². The summed E-state index contributed by atoms with van der Waals surface area (Å²) in [5, 5.41) is 13.9. The smallest absolute Gasteiger partial charge is 0.282 e. The van der Waals surface area contributed by atoms with Gasteiger partial charge < -0.3 is 10.2 Å². The van der Waals surface area contributed by atoms with Crippen LogP contribution in [0.1, 0.15) is 29.6 Å². The van der Waals surface area contributed by atoms with Crippen molar-refractivity contribution in [3.63, 3.8) is 0 Å². The number of hydrogen-bond donors (Lipinski definition) is 1. The lowest BCUT2D eigenvalue weighted by atomic mass is 10.1. The van der Waals surface area contributed by atoms with E-state index in [1.807, 2.05) is 0 Å². The molecule has 0 bridgehead atoms. The molecule has 2 rings (SSSR count). The van der Waals surface area contributed by atoms with E-state index in [9.17, 15) is 14.9 Å². The molecule has 1 aliphatic heterocycles. The number of amides is 1. The van der Waals surface area contributed by atoms with Gasteiger partial charge in [-0.25, -0.2) is 0 Å². The van der Waals surface area contributed by atoms with E-state index in [-0.39, 0.29) is 17.2 Å². The first-order valence-corrected chi connectivity index (χ1v) is 6.39. The largest absolute Gasteiger partial charge is 0.388 e. The number of likely N-dealkylation sites (tertiary alicyclic amines) is 1. The van der Waals surface area contributed by atoms with Crippen molar-refractivity contribution in [2.24, 2.45) is 0 Å². The van der Waals surface area contributed by atoms with Crippen LogP contribution in [0.5, 0.6) is 0 Å². The van der Waals surface area contributed by atoms with Crippen LogP contribution in [0, 0.1) is 10.1 Å². The maximum atomic E-state index is 12.4. The van der Waals surface area contributed by atoms with E-state index in [1.165, 1.54) is 6.07 Å². The third kappa shape index (κ3) is 2.83. The van der Waals surface area contributed by atoms with Gasteiger partial charge in [-0.05, 0) is 31.4 Å². The van der Waals surface area contributed by atoms with E-state index in [0.717, 1.165) is 19.3 Å². The summed E-state index contributed by atoms with van der Waals surface area (Å²) in [6.45, 7) is 1.36. The van der Waals surface area contributed by atoms with Gasteiger partial charge in [-0.3, -0.25) is 14.9 Å². The zero-order valence-corrected chi connectivity index (χ0v) is 10.9. The fourth-order valence-electron chi connectivity index (χ4n) is 2.29. The Morgan fingerprint density at radius 2 is 2.00 bits per heavy atom. The maximum absolute atomic E-state index is 12.4.